The van der Waals surface area contributed by atoms with Crippen molar-refractivity contribution in [3.8, 4) is 0 Å². The maximum atomic E-state index is 10.7. The SMILES string of the molecule is CC1=CCCC(C)(C)[C@]1(O)CC(=O)O. The van der Waals surface area contributed by atoms with E-state index in [2.05, 4.69) is 0 Å². The molecule has 1 aliphatic carbocycles. The van der Waals surface area contributed by atoms with Crippen LogP contribution in [0.15, 0.2) is 11.6 Å². The van der Waals surface area contributed by atoms with E-state index in [0.717, 1.165) is 18.4 Å². The van der Waals surface area contributed by atoms with Gasteiger partial charge in [0.15, 0.2) is 0 Å². The molecule has 0 saturated carbocycles. The summed E-state index contributed by atoms with van der Waals surface area (Å²) >= 11 is 0. The lowest BCUT2D eigenvalue weighted by Crippen LogP contribution is -2.49. The zero-order chi connectivity index (χ0) is 11.0. The smallest absolute Gasteiger partial charge is 0.306 e. The molecular formula is C11H18O3. The van der Waals surface area contributed by atoms with Crippen LogP contribution in [0.5, 0.6) is 0 Å². The van der Waals surface area contributed by atoms with Crippen molar-refractivity contribution in [2.45, 2.75) is 45.6 Å². The van der Waals surface area contributed by atoms with E-state index in [1.807, 2.05) is 26.8 Å². The first-order valence-corrected chi connectivity index (χ1v) is 4.91. The Morgan fingerprint density at radius 3 is 2.57 bits per heavy atom. The summed E-state index contributed by atoms with van der Waals surface area (Å²) in [5.74, 6) is -0.949. The second-order valence-electron chi connectivity index (χ2n) is 4.74. The Balaban J connectivity index is 3.05. The van der Waals surface area contributed by atoms with Crippen LogP contribution in [0, 0.1) is 5.41 Å². The molecule has 80 valence electrons. The Bertz CT molecular complexity index is 278. The minimum atomic E-state index is -1.18. The molecule has 1 atom stereocenters. The van der Waals surface area contributed by atoms with Crippen molar-refractivity contribution in [3.05, 3.63) is 11.6 Å². The third-order valence-electron chi connectivity index (χ3n) is 3.40. The summed E-state index contributed by atoms with van der Waals surface area (Å²) in [5.41, 5.74) is -0.752. The number of carbonyl (C=O) groups is 1. The number of hydrogen-bond donors (Lipinski definition) is 2. The molecule has 1 aliphatic rings. The molecule has 0 spiro atoms. The Morgan fingerprint density at radius 2 is 2.14 bits per heavy atom. The normalized spacial score (nSPS) is 31.0. The second kappa shape index (κ2) is 3.39. The van der Waals surface area contributed by atoms with Crippen LogP contribution >= 0.6 is 0 Å². The highest BCUT2D eigenvalue weighted by Gasteiger charge is 2.47. The predicted octanol–water partition coefficient (Wildman–Crippen LogP) is 1.96. The van der Waals surface area contributed by atoms with Gasteiger partial charge < -0.3 is 10.2 Å². The minimum Gasteiger partial charge on any atom is -0.481 e. The average molecular weight is 198 g/mol. The molecule has 3 heteroatoms. The van der Waals surface area contributed by atoms with Gasteiger partial charge in [0.25, 0.3) is 0 Å². The number of carboxylic acid groups (broad SMARTS) is 1. The van der Waals surface area contributed by atoms with E-state index in [1.54, 1.807) is 0 Å². The van der Waals surface area contributed by atoms with Gasteiger partial charge >= 0.3 is 5.97 Å². The van der Waals surface area contributed by atoms with Crippen LogP contribution in [0.1, 0.15) is 40.0 Å². The summed E-state index contributed by atoms with van der Waals surface area (Å²) in [5, 5.41) is 19.2. The molecule has 0 heterocycles. The van der Waals surface area contributed by atoms with E-state index >= 15 is 0 Å². The average Bonchev–Trinajstić information content (AvgIpc) is 1.99. The van der Waals surface area contributed by atoms with Gasteiger partial charge in [0.2, 0.25) is 0 Å². The summed E-state index contributed by atoms with van der Waals surface area (Å²) < 4.78 is 0. The van der Waals surface area contributed by atoms with E-state index in [0.29, 0.717) is 0 Å². The van der Waals surface area contributed by atoms with Crippen molar-refractivity contribution in [2.75, 3.05) is 0 Å². The maximum Gasteiger partial charge on any atom is 0.306 e. The molecule has 0 aromatic carbocycles. The zero-order valence-corrected chi connectivity index (χ0v) is 9.00. The highest BCUT2D eigenvalue weighted by Crippen LogP contribution is 2.46. The monoisotopic (exact) mass is 198 g/mol. The third-order valence-corrected chi connectivity index (χ3v) is 3.40. The van der Waals surface area contributed by atoms with Gasteiger partial charge in [-0.05, 0) is 30.8 Å². The number of aliphatic carboxylic acids is 1. The molecule has 0 aromatic heterocycles. The van der Waals surface area contributed by atoms with Gasteiger partial charge in [-0.2, -0.15) is 0 Å². The number of aliphatic hydroxyl groups is 1. The zero-order valence-electron chi connectivity index (χ0n) is 9.00. The fourth-order valence-electron chi connectivity index (χ4n) is 2.16. The van der Waals surface area contributed by atoms with Gasteiger partial charge in [0, 0.05) is 0 Å². The molecule has 0 amide bonds. The lowest BCUT2D eigenvalue weighted by atomic mass is 9.64. The van der Waals surface area contributed by atoms with Crippen LogP contribution < -0.4 is 0 Å². The van der Waals surface area contributed by atoms with E-state index in [9.17, 15) is 9.90 Å². The molecule has 0 aromatic rings. The van der Waals surface area contributed by atoms with Crippen molar-refractivity contribution >= 4 is 5.97 Å². The second-order valence-corrected chi connectivity index (χ2v) is 4.74. The van der Waals surface area contributed by atoms with E-state index < -0.39 is 11.6 Å². The van der Waals surface area contributed by atoms with Gasteiger partial charge in [-0.3, -0.25) is 4.79 Å². The van der Waals surface area contributed by atoms with Gasteiger partial charge in [0.05, 0.1) is 6.42 Å². The summed E-state index contributed by atoms with van der Waals surface area (Å²) in [6, 6.07) is 0. The standard InChI is InChI=1S/C11H18O3/c1-8-5-4-6-10(2,3)11(8,14)7-9(12)13/h5,14H,4,6-7H2,1-3H3,(H,12,13)/t11-/m0/s1. The molecule has 2 N–H and O–H groups in total. The van der Waals surface area contributed by atoms with Gasteiger partial charge in [-0.25, -0.2) is 0 Å². The third kappa shape index (κ3) is 1.69. The fraction of sp³-hybridized carbons (Fsp3) is 0.727. The van der Waals surface area contributed by atoms with Crippen LogP contribution in [-0.4, -0.2) is 21.8 Å². The first kappa shape index (κ1) is 11.2. The lowest BCUT2D eigenvalue weighted by molar-refractivity contribution is -0.146. The Kier molecular flexibility index (Phi) is 2.72. The van der Waals surface area contributed by atoms with Crippen LogP contribution in [0.3, 0.4) is 0 Å². The van der Waals surface area contributed by atoms with Crippen LogP contribution in [0.25, 0.3) is 0 Å². The summed E-state index contributed by atoms with van der Waals surface area (Å²) in [7, 11) is 0. The first-order valence-electron chi connectivity index (χ1n) is 4.91. The predicted molar refractivity (Wildman–Crippen MR) is 54.0 cm³/mol. The summed E-state index contributed by atoms with van der Waals surface area (Å²) in [6.07, 6.45) is 3.48. The quantitative estimate of drug-likeness (QED) is 0.667. The molecule has 0 fully saturated rings. The highest BCUT2D eigenvalue weighted by atomic mass is 16.4. The number of allylic oxidation sites excluding steroid dienone is 1. The molecule has 0 bridgehead atoms. The Labute approximate surface area is 84.4 Å². The van der Waals surface area contributed by atoms with Crippen molar-refractivity contribution in [1.29, 1.82) is 0 Å². The molecule has 14 heavy (non-hydrogen) atoms. The number of hydrogen-bond acceptors (Lipinski definition) is 2. The minimum absolute atomic E-state index is 0.206. The van der Waals surface area contributed by atoms with Crippen molar-refractivity contribution in [1.82, 2.24) is 0 Å². The number of carboxylic acids is 1. The lowest BCUT2D eigenvalue weighted by Gasteiger charge is -2.45. The van der Waals surface area contributed by atoms with E-state index in [-0.39, 0.29) is 11.8 Å². The van der Waals surface area contributed by atoms with E-state index in [4.69, 9.17) is 5.11 Å². The molecule has 3 nitrogen and oxygen atoms in total. The molecule has 0 aliphatic heterocycles. The van der Waals surface area contributed by atoms with Crippen LogP contribution in [0.4, 0.5) is 0 Å². The van der Waals surface area contributed by atoms with Crippen molar-refractivity contribution < 1.29 is 15.0 Å². The van der Waals surface area contributed by atoms with Crippen molar-refractivity contribution in [2.24, 2.45) is 5.41 Å². The molecule has 1 rings (SSSR count). The van der Waals surface area contributed by atoms with Gasteiger partial charge in [-0.15, -0.1) is 0 Å². The summed E-state index contributed by atoms with van der Waals surface area (Å²) in [6.45, 7) is 5.66. The maximum absolute atomic E-state index is 10.7. The number of rotatable bonds is 2. The van der Waals surface area contributed by atoms with Crippen LogP contribution in [-0.2, 0) is 4.79 Å². The highest BCUT2D eigenvalue weighted by molar-refractivity contribution is 5.69. The van der Waals surface area contributed by atoms with E-state index in [1.165, 1.54) is 0 Å². The molecule has 0 unspecified atom stereocenters. The Hall–Kier alpha value is -0.830. The van der Waals surface area contributed by atoms with Gasteiger partial charge in [-0.1, -0.05) is 19.9 Å². The Morgan fingerprint density at radius 1 is 1.57 bits per heavy atom. The van der Waals surface area contributed by atoms with Crippen LogP contribution in [0.2, 0.25) is 0 Å². The first-order chi connectivity index (χ1) is 6.29. The largest absolute Gasteiger partial charge is 0.481 e. The molecule has 0 radical (unpaired) electrons. The van der Waals surface area contributed by atoms with Gasteiger partial charge in [0.1, 0.15) is 5.60 Å². The summed E-state index contributed by atoms with van der Waals surface area (Å²) in [4.78, 5) is 10.7. The molecular weight excluding hydrogens is 180 g/mol. The van der Waals surface area contributed by atoms with Crippen molar-refractivity contribution in [3.63, 3.8) is 0 Å². The molecule has 0 saturated heterocycles. The topological polar surface area (TPSA) is 57.5 Å². The fourth-order valence-corrected chi connectivity index (χ4v) is 2.16.